The summed E-state index contributed by atoms with van der Waals surface area (Å²) in [7, 11) is 0. The molecule has 3 aromatic rings. The van der Waals surface area contributed by atoms with Crippen molar-refractivity contribution >= 4 is 0 Å². The second kappa shape index (κ2) is 7.83. The monoisotopic (exact) mass is 347 g/mol. The second-order valence-electron chi connectivity index (χ2n) is 7.27. The van der Waals surface area contributed by atoms with E-state index in [1.54, 1.807) is 0 Å². The molecule has 134 valence electrons. The molecule has 1 atom stereocenters. The summed E-state index contributed by atoms with van der Waals surface area (Å²) in [5, 5.41) is 4.15. The first-order valence-corrected chi connectivity index (χ1v) is 9.41. The van der Waals surface area contributed by atoms with E-state index in [0.717, 1.165) is 37.8 Å². The largest absolute Gasteiger partial charge is 0.339 e. The van der Waals surface area contributed by atoms with Crippen molar-refractivity contribution in [3.63, 3.8) is 0 Å². The smallest absolute Gasteiger partial charge is 0.232 e. The molecule has 1 fully saturated rings. The van der Waals surface area contributed by atoms with E-state index in [-0.39, 0.29) is 0 Å². The fraction of sp³-hybridized carbons (Fsp3) is 0.364. The first kappa shape index (κ1) is 17.0. The normalized spacial score (nSPS) is 16.3. The number of likely N-dealkylation sites (tertiary alicyclic amines) is 1. The van der Waals surface area contributed by atoms with Crippen LogP contribution in [-0.4, -0.2) is 34.7 Å². The highest BCUT2D eigenvalue weighted by Gasteiger charge is 2.32. The van der Waals surface area contributed by atoms with E-state index < -0.39 is 0 Å². The van der Waals surface area contributed by atoms with Gasteiger partial charge in [0.15, 0.2) is 5.82 Å². The van der Waals surface area contributed by atoms with Crippen molar-refractivity contribution in [1.82, 2.24) is 15.0 Å². The van der Waals surface area contributed by atoms with Crippen LogP contribution < -0.4 is 0 Å². The quantitative estimate of drug-likeness (QED) is 0.641. The molecule has 0 radical (unpaired) electrons. The van der Waals surface area contributed by atoms with Crippen LogP contribution in [0.2, 0.25) is 0 Å². The van der Waals surface area contributed by atoms with Crippen molar-refractivity contribution in [1.29, 1.82) is 0 Å². The Morgan fingerprint density at radius 3 is 2.46 bits per heavy atom. The topological polar surface area (TPSA) is 42.2 Å². The lowest BCUT2D eigenvalue weighted by atomic mass is 9.95. The van der Waals surface area contributed by atoms with Crippen molar-refractivity contribution in [3.05, 3.63) is 83.5 Å². The molecule has 0 spiro atoms. The minimum atomic E-state index is 0.388. The van der Waals surface area contributed by atoms with E-state index >= 15 is 0 Å². The molecule has 4 rings (SSSR count). The average molecular weight is 347 g/mol. The SMILES string of the molecule is CC(CCN1CC(c2nc(Cc3ccccc3)no2)C1)c1ccccc1. The number of hydrogen-bond donors (Lipinski definition) is 0. The highest BCUT2D eigenvalue weighted by Crippen LogP contribution is 2.28. The van der Waals surface area contributed by atoms with Gasteiger partial charge in [0, 0.05) is 19.5 Å². The molecule has 1 aliphatic rings. The van der Waals surface area contributed by atoms with Crippen LogP contribution in [0.15, 0.2) is 65.2 Å². The minimum absolute atomic E-state index is 0.388. The number of nitrogens with zero attached hydrogens (tertiary/aromatic N) is 3. The van der Waals surface area contributed by atoms with Crippen LogP contribution in [0.3, 0.4) is 0 Å². The molecular weight excluding hydrogens is 322 g/mol. The van der Waals surface area contributed by atoms with Gasteiger partial charge >= 0.3 is 0 Å². The fourth-order valence-electron chi connectivity index (χ4n) is 3.52. The number of hydrogen-bond acceptors (Lipinski definition) is 4. The minimum Gasteiger partial charge on any atom is -0.339 e. The Hall–Kier alpha value is -2.46. The Morgan fingerprint density at radius 1 is 1.04 bits per heavy atom. The van der Waals surface area contributed by atoms with E-state index in [1.165, 1.54) is 17.5 Å². The number of aromatic nitrogens is 2. The van der Waals surface area contributed by atoms with Crippen molar-refractivity contribution < 1.29 is 4.52 Å². The first-order valence-electron chi connectivity index (χ1n) is 9.41. The third-order valence-corrected chi connectivity index (χ3v) is 5.24. The van der Waals surface area contributed by atoms with Gasteiger partial charge in [0.05, 0.1) is 5.92 Å². The first-order chi connectivity index (χ1) is 12.8. The van der Waals surface area contributed by atoms with E-state index in [9.17, 15) is 0 Å². The molecule has 1 aliphatic heterocycles. The van der Waals surface area contributed by atoms with Crippen molar-refractivity contribution in [3.8, 4) is 0 Å². The summed E-state index contributed by atoms with van der Waals surface area (Å²) in [5.74, 6) is 2.56. The predicted molar refractivity (Wildman–Crippen MR) is 102 cm³/mol. The number of benzene rings is 2. The van der Waals surface area contributed by atoms with Crippen LogP contribution in [0.4, 0.5) is 0 Å². The third-order valence-electron chi connectivity index (χ3n) is 5.24. The summed E-state index contributed by atoms with van der Waals surface area (Å²) < 4.78 is 5.50. The molecular formula is C22H25N3O. The van der Waals surface area contributed by atoms with Gasteiger partial charge in [0.2, 0.25) is 5.89 Å². The molecule has 1 aromatic heterocycles. The summed E-state index contributed by atoms with van der Waals surface area (Å²) in [6.45, 7) is 5.47. The summed E-state index contributed by atoms with van der Waals surface area (Å²) in [6.07, 6.45) is 1.91. The van der Waals surface area contributed by atoms with E-state index in [4.69, 9.17) is 4.52 Å². The van der Waals surface area contributed by atoms with Gasteiger partial charge < -0.3 is 9.42 Å². The highest BCUT2D eigenvalue weighted by molar-refractivity contribution is 5.19. The molecule has 1 unspecified atom stereocenters. The van der Waals surface area contributed by atoms with Gasteiger partial charge in [-0.3, -0.25) is 0 Å². The van der Waals surface area contributed by atoms with Gasteiger partial charge in [-0.25, -0.2) is 0 Å². The van der Waals surface area contributed by atoms with E-state index in [1.807, 2.05) is 18.2 Å². The maximum atomic E-state index is 5.50. The molecule has 26 heavy (non-hydrogen) atoms. The molecule has 2 aromatic carbocycles. The predicted octanol–water partition coefficient (Wildman–Crippen LogP) is 4.25. The molecule has 0 bridgehead atoms. The lowest BCUT2D eigenvalue weighted by Crippen LogP contribution is -2.45. The number of rotatable bonds is 7. The summed E-state index contributed by atoms with van der Waals surface area (Å²) in [5.41, 5.74) is 2.64. The van der Waals surface area contributed by atoms with Crippen molar-refractivity contribution in [2.45, 2.75) is 31.6 Å². The lowest BCUT2D eigenvalue weighted by Gasteiger charge is -2.37. The second-order valence-corrected chi connectivity index (χ2v) is 7.27. The maximum Gasteiger partial charge on any atom is 0.232 e. The standard InChI is InChI=1S/C22H25N3O/c1-17(19-10-6-3-7-11-19)12-13-25-15-20(16-25)22-23-21(24-26-22)14-18-8-4-2-5-9-18/h2-11,17,20H,12-16H2,1H3. The van der Waals surface area contributed by atoms with Gasteiger partial charge in [-0.05, 0) is 30.0 Å². The molecule has 0 amide bonds. The Bertz CT molecular complexity index is 810. The van der Waals surface area contributed by atoms with Gasteiger partial charge in [-0.1, -0.05) is 72.7 Å². The molecule has 0 aliphatic carbocycles. The summed E-state index contributed by atoms with van der Waals surface area (Å²) in [4.78, 5) is 7.08. The zero-order valence-electron chi connectivity index (χ0n) is 15.2. The zero-order chi connectivity index (χ0) is 17.8. The van der Waals surface area contributed by atoms with Gasteiger partial charge in [0.25, 0.3) is 0 Å². The molecule has 2 heterocycles. The van der Waals surface area contributed by atoms with Crippen LogP contribution in [0, 0.1) is 0 Å². The molecule has 0 saturated carbocycles. The Kier molecular flexibility index (Phi) is 5.12. The van der Waals surface area contributed by atoms with Gasteiger partial charge in [-0.2, -0.15) is 4.98 Å². The Labute approximate surface area is 154 Å². The van der Waals surface area contributed by atoms with Crippen LogP contribution in [0.1, 0.15) is 48.0 Å². The third kappa shape index (κ3) is 4.02. The van der Waals surface area contributed by atoms with Crippen LogP contribution in [0.25, 0.3) is 0 Å². The van der Waals surface area contributed by atoms with E-state index in [0.29, 0.717) is 11.8 Å². The van der Waals surface area contributed by atoms with E-state index in [2.05, 4.69) is 64.4 Å². The molecule has 0 N–H and O–H groups in total. The average Bonchev–Trinajstić information content (AvgIpc) is 3.10. The highest BCUT2D eigenvalue weighted by atomic mass is 16.5. The summed E-state index contributed by atoms with van der Waals surface area (Å²) in [6, 6.07) is 21.0. The molecule has 1 saturated heterocycles. The van der Waals surface area contributed by atoms with Crippen molar-refractivity contribution in [2.75, 3.05) is 19.6 Å². The maximum absolute atomic E-state index is 5.50. The van der Waals surface area contributed by atoms with Crippen LogP contribution in [-0.2, 0) is 6.42 Å². The molecule has 4 heteroatoms. The van der Waals surface area contributed by atoms with Crippen LogP contribution >= 0.6 is 0 Å². The van der Waals surface area contributed by atoms with Gasteiger partial charge in [0.1, 0.15) is 0 Å². The van der Waals surface area contributed by atoms with Gasteiger partial charge in [-0.15, -0.1) is 0 Å². The Morgan fingerprint density at radius 2 is 1.73 bits per heavy atom. The fourth-order valence-corrected chi connectivity index (χ4v) is 3.52. The van der Waals surface area contributed by atoms with Crippen molar-refractivity contribution in [2.24, 2.45) is 0 Å². The molecule has 4 nitrogen and oxygen atoms in total. The Balaban J connectivity index is 1.24. The summed E-state index contributed by atoms with van der Waals surface area (Å²) >= 11 is 0. The van der Waals surface area contributed by atoms with Crippen LogP contribution in [0.5, 0.6) is 0 Å². The zero-order valence-corrected chi connectivity index (χ0v) is 15.2. The lowest BCUT2D eigenvalue weighted by molar-refractivity contribution is 0.121.